The summed E-state index contributed by atoms with van der Waals surface area (Å²) in [4.78, 5) is 0.319. The Bertz CT molecular complexity index is 1060. The van der Waals surface area contributed by atoms with Gasteiger partial charge >= 0.3 is 0 Å². The van der Waals surface area contributed by atoms with E-state index in [0.717, 1.165) is 11.3 Å². The molecular formula is C20H17NO4S. The molecule has 26 heavy (non-hydrogen) atoms. The molecule has 132 valence electrons. The van der Waals surface area contributed by atoms with Crippen LogP contribution in [0.15, 0.2) is 71.6 Å². The Morgan fingerprint density at radius 2 is 1.42 bits per heavy atom. The fourth-order valence-corrected chi connectivity index (χ4v) is 3.33. The number of ether oxygens (including phenoxy) is 2. The van der Waals surface area contributed by atoms with Crippen LogP contribution >= 0.6 is 0 Å². The number of anilines is 1. The van der Waals surface area contributed by atoms with Crippen molar-refractivity contribution in [2.45, 2.75) is 11.4 Å². The standard InChI is InChI=1S/C20H17NO4S/c1-26(22,23)16-9-6-14(7-10-16)13-21-15-8-11-19-20(12-15)25-18-5-3-2-4-17(18)24-19/h2-12,21H,13H2,1H3. The quantitative estimate of drug-likeness (QED) is 0.571. The van der Waals surface area contributed by atoms with E-state index in [1.165, 1.54) is 6.26 Å². The highest BCUT2D eigenvalue weighted by molar-refractivity contribution is 7.90. The molecule has 6 heteroatoms. The van der Waals surface area contributed by atoms with E-state index in [-0.39, 0.29) is 0 Å². The molecule has 0 radical (unpaired) electrons. The van der Waals surface area contributed by atoms with Crippen molar-refractivity contribution in [3.63, 3.8) is 0 Å². The maximum absolute atomic E-state index is 11.5. The molecule has 0 aromatic heterocycles. The molecule has 1 heterocycles. The predicted molar refractivity (Wildman–Crippen MR) is 99.9 cm³/mol. The van der Waals surface area contributed by atoms with Gasteiger partial charge in [0.2, 0.25) is 0 Å². The topological polar surface area (TPSA) is 64.6 Å². The lowest BCUT2D eigenvalue weighted by molar-refractivity contribution is 0.360. The Kier molecular flexibility index (Phi) is 4.05. The second-order valence-corrected chi connectivity index (χ2v) is 8.10. The Morgan fingerprint density at radius 3 is 2.08 bits per heavy atom. The van der Waals surface area contributed by atoms with Gasteiger partial charge in [-0.25, -0.2) is 8.42 Å². The molecule has 0 saturated carbocycles. The van der Waals surface area contributed by atoms with Crippen LogP contribution in [-0.4, -0.2) is 14.7 Å². The summed E-state index contributed by atoms with van der Waals surface area (Å²) in [6.45, 7) is 0.570. The van der Waals surface area contributed by atoms with Crippen molar-refractivity contribution in [3.8, 4) is 23.0 Å². The molecule has 0 aliphatic carbocycles. The van der Waals surface area contributed by atoms with E-state index < -0.39 is 9.84 Å². The third-order valence-electron chi connectivity index (χ3n) is 4.08. The molecule has 0 fully saturated rings. The largest absolute Gasteiger partial charge is 0.450 e. The molecule has 0 spiro atoms. The van der Waals surface area contributed by atoms with Crippen molar-refractivity contribution in [1.29, 1.82) is 0 Å². The van der Waals surface area contributed by atoms with Crippen molar-refractivity contribution >= 4 is 15.5 Å². The van der Waals surface area contributed by atoms with Crippen LogP contribution < -0.4 is 14.8 Å². The van der Waals surface area contributed by atoms with E-state index in [9.17, 15) is 8.42 Å². The minimum atomic E-state index is -3.17. The van der Waals surface area contributed by atoms with Crippen LogP contribution in [0.3, 0.4) is 0 Å². The third kappa shape index (κ3) is 3.36. The molecule has 1 N–H and O–H groups in total. The van der Waals surface area contributed by atoms with Crippen LogP contribution in [0.4, 0.5) is 5.69 Å². The highest BCUT2D eigenvalue weighted by Crippen LogP contribution is 2.45. The average molecular weight is 367 g/mol. The molecular weight excluding hydrogens is 350 g/mol. The monoisotopic (exact) mass is 367 g/mol. The maximum Gasteiger partial charge on any atom is 0.175 e. The summed E-state index contributed by atoms with van der Waals surface area (Å²) in [6, 6.07) is 20.0. The highest BCUT2D eigenvalue weighted by Gasteiger charge is 2.18. The number of benzene rings is 3. The van der Waals surface area contributed by atoms with Gasteiger partial charge < -0.3 is 14.8 Å². The van der Waals surface area contributed by atoms with Gasteiger partial charge in [0.15, 0.2) is 32.8 Å². The molecule has 3 aromatic rings. The van der Waals surface area contributed by atoms with Crippen LogP contribution in [0.2, 0.25) is 0 Å². The van der Waals surface area contributed by atoms with Crippen molar-refractivity contribution in [2.75, 3.05) is 11.6 Å². The van der Waals surface area contributed by atoms with Crippen molar-refractivity contribution in [2.24, 2.45) is 0 Å². The number of hydrogen-bond donors (Lipinski definition) is 1. The number of sulfone groups is 1. The summed E-state index contributed by atoms with van der Waals surface area (Å²) in [6.07, 6.45) is 1.20. The van der Waals surface area contributed by atoms with Gasteiger partial charge in [0.25, 0.3) is 0 Å². The first-order valence-electron chi connectivity index (χ1n) is 8.11. The van der Waals surface area contributed by atoms with E-state index in [0.29, 0.717) is 34.4 Å². The number of rotatable bonds is 4. The molecule has 1 aliphatic heterocycles. The fraction of sp³-hybridized carbons (Fsp3) is 0.100. The van der Waals surface area contributed by atoms with Gasteiger partial charge in [-0.2, -0.15) is 0 Å². The summed E-state index contributed by atoms with van der Waals surface area (Å²) in [7, 11) is -3.17. The van der Waals surface area contributed by atoms with Crippen LogP contribution in [0.5, 0.6) is 23.0 Å². The Morgan fingerprint density at radius 1 is 0.808 bits per heavy atom. The lowest BCUT2D eigenvalue weighted by Gasteiger charge is -2.21. The fourth-order valence-electron chi connectivity index (χ4n) is 2.70. The van der Waals surface area contributed by atoms with Gasteiger partial charge in [0.05, 0.1) is 4.90 Å². The molecule has 1 aliphatic rings. The molecule has 0 atom stereocenters. The van der Waals surface area contributed by atoms with Crippen molar-refractivity contribution in [3.05, 3.63) is 72.3 Å². The van der Waals surface area contributed by atoms with Gasteiger partial charge in [-0.05, 0) is 42.0 Å². The van der Waals surface area contributed by atoms with Crippen LogP contribution in [-0.2, 0) is 16.4 Å². The molecule has 3 aromatic carbocycles. The smallest absolute Gasteiger partial charge is 0.175 e. The first-order chi connectivity index (χ1) is 12.5. The molecule has 5 nitrogen and oxygen atoms in total. The molecule has 0 amide bonds. The lowest BCUT2D eigenvalue weighted by atomic mass is 10.2. The van der Waals surface area contributed by atoms with Crippen molar-refractivity contribution in [1.82, 2.24) is 0 Å². The first kappa shape index (κ1) is 16.5. The Labute approximate surface area is 152 Å². The minimum absolute atomic E-state index is 0.319. The number of nitrogens with one attached hydrogen (secondary N) is 1. The maximum atomic E-state index is 11.5. The zero-order valence-corrected chi connectivity index (χ0v) is 14.9. The van der Waals surface area contributed by atoms with Gasteiger partial charge in [-0.15, -0.1) is 0 Å². The number of hydrogen-bond acceptors (Lipinski definition) is 5. The van der Waals surface area contributed by atoms with E-state index in [2.05, 4.69) is 5.32 Å². The zero-order valence-electron chi connectivity index (χ0n) is 14.1. The minimum Gasteiger partial charge on any atom is -0.450 e. The Balaban J connectivity index is 1.47. The summed E-state index contributed by atoms with van der Waals surface area (Å²) >= 11 is 0. The van der Waals surface area contributed by atoms with Gasteiger partial charge in [-0.1, -0.05) is 24.3 Å². The predicted octanol–water partition coefficient (Wildman–Crippen LogP) is 4.60. The van der Waals surface area contributed by atoms with Gasteiger partial charge in [0.1, 0.15) is 0 Å². The molecule has 0 unspecified atom stereocenters. The highest BCUT2D eigenvalue weighted by atomic mass is 32.2. The number of para-hydroxylation sites is 2. The van der Waals surface area contributed by atoms with E-state index in [1.807, 2.05) is 42.5 Å². The molecule has 4 rings (SSSR count). The molecule has 0 saturated heterocycles. The Hall–Kier alpha value is -2.99. The number of fused-ring (bicyclic) bond motifs is 2. The van der Waals surface area contributed by atoms with Crippen LogP contribution in [0, 0.1) is 0 Å². The summed E-state index contributed by atoms with van der Waals surface area (Å²) < 4.78 is 34.7. The zero-order chi connectivity index (χ0) is 18.1. The van der Waals surface area contributed by atoms with Crippen molar-refractivity contribution < 1.29 is 17.9 Å². The van der Waals surface area contributed by atoms with E-state index in [4.69, 9.17) is 9.47 Å². The average Bonchev–Trinajstić information content (AvgIpc) is 2.64. The second-order valence-electron chi connectivity index (χ2n) is 6.08. The van der Waals surface area contributed by atoms with Crippen LogP contribution in [0.1, 0.15) is 5.56 Å². The summed E-state index contributed by atoms with van der Waals surface area (Å²) in [5.74, 6) is 2.72. The first-order valence-corrected chi connectivity index (χ1v) is 10.00. The second kappa shape index (κ2) is 6.38. The third-order valence-corrected chi connectivity index (χ3v) is 5.21. The summed E-state index contributed by atoms with van der Waals surface area (Å²) in [5, 5.41) is 3.31. The van der Waals surface area contributed by atoms with Crippen LogP contribution in [0.25, 0.3) is 0 Å². The van der Waals surface area contributed by atoms with E-state index in [1.54, 1.807) is 24.3 Å². The lowest BCUT2D eigenvalue weighted by Crippen LogP contribution is -2.03. The summed E-state index contributed by atoms with van der Waals surface area (Å²) in [5.41, 5.74) is 1.87. The van der Waals surface area contributed by atoms with Gasteiger partial charge in [0, 0.05) is 24.6 Å². The van der Waals surface area contributed by atoms with E-state index >= 15 is 0 Å². The molecule has 0 bridgehead atoms. The van der Waals surface area contributed by atoms with Gasteiger partial charge in [-0.3, -0.25) is 0 Å². The SMILES string of the molecule is CS(=O)(=O)c1ccc(CNc2ccc3c(c2)Oc2ccccc2O3)cc1. The normalized spacial score (nSPS) is 12.3.